The van der Waals surface area contributed by atoms with Gasteiger partial charge in [-0.3, -0.25) is 4.79 Å². The third kappa shape index (κ3) is 2.69. The number of benzene rings is 1. The summed E-state index contributed by atoms with van der Waals surface area (Å²) in [6, 6.07) is -0.267. The van der Waals surface area contributed by atoms with E-state index in [1.165, 1.54) is 0 Å². The van der Waals surface area contributed by atoms with E-state index in [0.717, 1.165) is 0 Å². The first-order valence-electron chi connectivity index (χ1n) is 4.10. The van der Waals surface area contributed by atoms with E-state index in [2.05, 4.69) is 0 Å². The second kappa shape index (κ2) is 4.27. The van der Waals surface area contributed by atoms with E-state index >= 15 is 0 Å². The summed E-state index contributed by atoms with van der Waals surface area (Å²) in [6.07, 6.45) is -6.50. The van der Waals surface area contributed by atoms with E-state index in [-0.39, 0.29) is 6.07 Å². The number of alkyl halides is 3. The second-order valence-electron chi connectivity index (χ2n) is 3.08. The van der Waals surface area contributed by atoms with Gasteiger partial charge in [-0.1, -0.05) is 0 Å². The van der Waals surface area contributed by atoms with Gasteiger partial charge in [-0.15, -0.1) is 0 Å². The Bertz CT molecular complexity index is 466. The number of aliphatic carboxylic acids is 1. The van der Waals surface area contributed by atoms with Crippen LogP contribution in [-0.4, -0.2) is 11.1 Å². The summed E-state index contributed by atoms with van der Waals surface area (Å²) in [4.78, 5) is 10.2. The van der Waals surface area contributed by atoms with Crippen LogP contribution in [0, 0.1) is 17.5 Å². The van der Waals surface area contributed by atoms with Crippen molar-refractivity contribution >= 4 is 5.97 Å². The molecule has 0 atom stereocenters. The summed E-state index contributed by atoms with van der Waals surface area (Å²) >= 11 is 0. The van der Waals surface area contributed by atoms with Gasteiger partial charge in [-0.05, 0) is 6.07 Å². The Morgan fingerprint density at radius 3 is 2.12 bits per heavy atom. The van der Waals surface area contributed by atoms with Crippen LogP contribution in [0.5, 0.6) is 0 Å². The largest absolute Gasteiger partial charge is 0.481 e. The molecule has 0 aliphatic carbocycles. The summed E-state index contributed by atoms with van der Waals surface area (Å²) < 4.78 is 75.3. The molecular formula is C9H4F6O2. The Balaban J connectivity index is 3.42. The zero-order chi connectivity index (χ0) is 13.4. The summed E-state index contributed by atoms with van der Waals surface area (Å²) in [5.74, 6) is -7.89. The number of carboxylic acids is 1. The smallest absolute Gasteiger partial charge is 0.419 e. The van der Waals surface area contributed by atoms with Gasteiger partial charge in [0.15, 0.2) is 11.6 Å². The van der Waals surface area contributed by atoms with Crippen molar-refractivity contribution in [2.24, 2.45) is 0 Å². The molecule has 2 nitrogen and oxygen atoms in total. The standard InChI is InChI=1S/C9H4F6O2/c10-5-2-4(9(13,14)15)8(12)7(11)3(5)1-6(16)17/h2H,1H2,(H,16,17). The van der Waals surface area contributed by atoms with Gasteiger partial charge in [-0.2, -0.15) is 13.2 Å². The molecule has 94 valence electrons. The van der Waals surface area contributed by atoms with Crippen LogP contribution in [0.2, 0.25) is 0 Å². The molecule has 0 aromatic heterocycles. The fourth-order valence-corrected chi connectivity index (χ4v) is 1.15. The van der Waals surface area contributed by atoms with Crippen molar-refractivity contribution < 1.29 is 36.2 Å². The minimum absolute atomic E-state index is 0.267. The molecule has 0 heterocycles. The van der Waals surface area contributed by atoms with Crippen LogP contribution in [0.1, 0.15) is 11.1 Å². The molecule has 0 unspecified atom stereocenters. The van der Waals surface area contributed by atoms with E-state index in [0.29, 0.717) is 0 Å². The maximum absolute atomic E-state index is 13.0. The molecule has 0 saturated heterocycles. The lowest BCUT2D eigenvalue weighted by Crippen LogP contribution is -2.14. The maximum atomic E-state index is 13.0. The molecule has 1 aromatic carbocycles. The van der Waals surface area contributed by atoms with Gasteiger partial charge in [0, 0.05) is 5.56 Å². The molecule has 0 saturated carbocycles. The Morgan fingerprint density at radius 1 is 1.18 bits per heavy atom. The van der Waals surface area contributed by atoms with Gasteiger partial charge in [0.2, 0.25) is 0 Å². The minimum Gasteiger partial charge on any atom is -0.481 e. The number of carboxylic acid groups (broad SMARTS) is 1. The van der Waals surface area contributed by atoms with Crippen molar-refractivity contribution in [3.8, 4) is 0 Å². The van der Waals surface area contributed by atoms with Gasteiger partial charge in [0.25, 0.3) is 0 Å². The van der Waals surface area contributed by atoms with Crippen molar-refractivity contribution in [2.75, 3.05) is 0 Å². The van der Waals surface area contributed by atoms with E-state index in [1.807, 2.05) is 0 Å². The summed E-state index contributed by atoms with van der Waals surface area (Å²) in [6.45, 7) is 0. The van der Waals surface area contributed by atoms with Crippen LogP contribution >= 0.6 is 0 Å². The zero-order valence-corrected chi connectivity index (χ0v) is 7.91. The van der Waals surface area contributed by atoms with E-state index < -0.39 is 47.1 Å². The predicted octanol–water partition coefficient (Wildman–Crippen LogP) is 2.75. The van der Waals surface area contributed by atoms with Crippen LogP contribution < -0.4 is 0 Å². The van der Waals surface area contributed by atoms with Gasteiger partial charge in [-0.25, -0.2) is 13.2 Å². The fraction of sp³-hybridized carbons (Fsp3) is 0.222. The normalized spacial score (nSPS) is 11.6. The third-order valence-electron chi connectivity index (χ3n) is 1.89. The summed E-state index contributed by atoms with van der Waals surface area (Å²) in [5.41, 5.74) is -3.36. The molecule has 17 heavy (non-hydrogen) atoms. The van der Waals surface area contributed by atoms with Gasteiger partial charge in [0.1, 0.15) is 5.82 Å². The molecule has 0 aliphatic heterocycles. The van der Waals surface area contributed by atoms with Crippen molar-refractivity contribution in [3.63, 3.8) is 0 Å². The molecule has 0 aliphatic rings. The molecule has 8 heteroatoms. The van der Waals surface area contributed by atoms with Gasteiger partial charge < -0.3 is 5.11 Å². The molecule has 1 aromatic rings. The number of hydrogen-bond acceptors (Lipinski definition) is 1. The number of hydrogen-bond donors (Lipinski definition) is 1. The van der Waals surface area contributed by atoms with E-state index in [4.69, 9.17) is 5.11 Å². The first kappa shape index (κ1) is 13.3. The molecule has 0 fully saturated rings. The second-order valence-corrected chi connectivity index (χ2v) is 3.08. The molecule has 1 rings (SSSR count). The Morgan fingerprint density at radius 2 is 1.71 bits per heavy atom. The predicted molar refractivity (Wildman–Crippen MR) is 42.7 cm³/mol. The SMILES string of the molecule is O=C(O)Cc1c(F)cc(C(F)(F)F)c(F)c1F. The molecule has 1 N–H and O–H groups in total. The Hall–Kier alpha value is -1.73. The zero-order valence-electron chi connectivity index (χ0n) is 7.91. The van der Waals surface area contributed by atoms with Gasteiger partial charge in [0.05, 0.1) is 12.0 Å². The first-order valence-corrected chi connectivity index (χ1v) is 4.10. The molecule has 0 amide bonds. The topological polar surface area (TPSA) is 37.3 Å². The average molecular weight is 258 g/mol. The highest BCUT2D eigenvalue weighted by atomic mass is 19.4. The highest BCUT2D eigenvalue weighted by Crippen LogP contribution is 2.34. The molecule has 0 bridgehead atoms. The van der Waals surface area contributed by atoms with Gasteiger partial charge >= 0.3 is 12.1 Å². The Labute approximate surface area is 90.5 Å². The lowest BCUT2D eigenvalue weighted by atomic mass is 10.1. The van der Waals surface area contributed by atoms with Crippen molar-refractivity contribution in [3.05, 3.63) is 34.6 Å². The average Bonchev–Trinajstić information content (AvgIpc) is 2.16. The first-order chi connectivity index (χ1) is 7.64. The summed E-state index contributed by atoms with van der Waals surface area (Å²) in [5, 5.41) is 8.26. The monoisotopic (exact) mass is 258 g/mol. The summed E-state index contributed by atoms with van der Waals surface area (Å²) in [7, 11) is 0. The molecular weight excluding hydrogens is 254 g/mol. The van der Waals surface area contributed by atoms with Crippen LogP contribution in [-0.2, 0) is 17.4 Å². The fourth-order valence-electron chi connectivity index (χ4n) is 1.15. The lowest BCUT2D eigenvalue weighted by molar-refractivity contribution is -0.140. The van der Waals surface area contributed by atoms with Crippen molar-refractivity contribution in [1.82, 2.24) is 0 Å². The number of carbonyl (C=O) groups is 1. The lowest BCUT2D eigenvalue weighted by Gasteiger charge is -2.11. The molecule has 0 radical (unpaired) electrons. The highest BCUT2D eigenvalue weighted by Gasteiger charge is 2.37. The van der Waals surface area contributed by atoms with Crippen molar-refractivity contribution in [1.29, 1.82) is 0 Å². The quantitative estimate of drug-likeness (QED) is 0.654. The van der Waals surface area contributed by atoms with E-state index in [9.17, 15) is 31.1 Å². The van der Waals surface area contributed by atoms with Crippen LogP contribution in [0.4, 0.5) is 26.3 Å². The van der Waals surface area contributed by atoms with Crippen LogP contribution in [0.25, 0.3) is 0 Å². The number of rotatable bonds is 2. The van der Waals surface area contributed by atoms with Crippen LogP contribution in [0.15, 0.2) is 6.07 Å². The minimum atomic E-state index is -5.26. The van der Waals surface area contributed by atoms with E-state index in [1.54, 1.807) is 0 Å². The van der Waals surface area contributed by atoms with Crippen LogP contribution in [0.3, 0.4) is 0 Å². The third-order valence-corrected chi connectivity index (χ3v) is 1.89. The maximum Gasteiger partial charge on any atom is 0.419 e. The Kier molecular flexibility index (Phi) is 3.35. The molecule has 0 spiro atoms. The highest BCUT2D eigenvalue weighted by molar-refractivity contribution is 5.70. The number of halogens is 6. The van der Waals surface area contributed by atoms with Crippen molar-refractivity contribution in [2.45, 2.75) is 12.6 Å².